The van der Waals surface area contributed by atoms with Crippen LogP contribution in [0.2, 0.25) is 0 Å². The third-order valence-electron chi connectivity index (χ3n) is 2.86. The summed E-state index contributed by atoms with van der Waals surface area (Å²) in [6.45, 7) is 5.70. The van der Waals surface area contributed by atoms with E-state index in [2.05, 4.69) is 6.07 Å². The van der Waals surface area contributed by atoms with Crippen molar-refractivity contribution in [2.24, 2.45) is 0 Å². The highest BCUT2D eigenvalue weighted by Crippen LogP contribution is 2.13. The van der Waals surface area contributed by atoms with Crippen LogP contribution in [0.4, 0.5) is 0 Å². The van der Waals surface area contributed by atoms with Gasteiger partial charge >= 0.3 is 0 Å². The van der Waals surface area contributed by atoms with Crippen molar-refractivity contribution in [3.63, 3.8) is 0 Å². The van der Waals surface area contributed by atoms with Gasteiger partial charge < -0.3 is 14.2 Å². The molecular weight excluding hydrogens is 242 g/mol. The molecule has 0 unspecified atom stereocenters. The van der Waals surface area contributed by atoms with E-state index in [9.17, 15) is 0 Å². The second kappa shape index (κ2) is 7.78. The molecule has 1 aromatic carbocycles. The second-order valence-corrected chi connectivity index (χ2v) is 4.81. The van der Waals surface area contributed by atoms with Crippen LogP contribution in [0.15, 0.2) is 24.3 Å². The predicted molar refractivity (Wildman–Crippen MR) is 73.2 cm³/mol. The molecule has 4 nitrogen and oxygen atoms in total. The Morgan fingerprint density at radius 2 is 2.00 bits per heavy atom. The number of hydrogen-bond donors (Lipinski definition) is 0. The summed E-state index contributed by atoms with van der Waals surface area (Å²) in [5.74, 6) is 0.694. The third kappa shape index (κ3) is 6.23. The van der Waals surface area contributed by atoms with Gasteiger partial charge in [0.25, 0.3) is 0 Å². The van der Waals surface area contributed by atoms with Gasteiger partial charge in [-0.05, 0) is 38.5 Å². The fourth-order valence-electron chi connectivity index (χ4n) is 1.40. The molecule has 4 heteroatoms. The van der Waals surface area contributed by atoms with Crippen LogP contribution in [-0.4, -0.2) is 32.5 Å². The molecule has 0 aliphatic carbocycles. The number of benzene rings is 1. The number of rotatable bonds is 8. The van der Waals surface area contributed by atoms with Gasteiger partial charge in [-0.15, -0.1) is 0 Å². The Morgan fingerprint density at radius 1 is 1.21 bits per heavy atom. The SMILES string of the molecule is COC(C)(C)CCOCCOc1cccc(C#N)c1. The number of ether oxygens (including phenoxy) is 3. The molecule has 19 heavy (non-hydrogen) atoms. The molecular formula is C15H21NO3. The van der Waals surface area contributed by atoms with Crippen LogP contribution < -0.4 is 4.74 Å². The average molecular weight is 263 g/mol. The van der Waals surface area contributed by atoms with Gasteiger partial charge in [-0.1, -0.05) is 6.07 Å². The van der Waals surface area contributed by atoms with Crippen LogP contribution in [0.5, 0.6) is 5.75 Å². The van der Waals surface area contributed by atoms with Crippen LogP contribution in [0.25, 0.3) is 0 Å². The van der Waals surface area contributed by atoms with Crippen molar-refractivity contribution in [3.05, 3.63) is 29.8 Å². The molecule has 0 spiro atoms. The molecule has 0 saturated heterocycles. The fourth-order valence-corrected chi connectivity index (χ4v) is 1.40. The topological polar surface area (TPSA) is 51.5 Å². The average Bonchev–Trinajstić information content (AvgIpc) is 2.43. The van der Waals surface area contributed by atoms with E-state index in [4.69, 9.17) is 19.5 Å². The molecule has 0 fully saturated rings. The van der Waals surface area contributed by atoms with E-state index in [0.717, 1.165) is 6.42 Å². The highest BCUT2D eigenvalue weighted by Gasteiger charge is 2.15. The first-order valence-electron chi connectivity index (χ1n) is 6.33. The third-order valence-corrected chi connectivity index (χ3v) is 2.86. The van der Waals surface area contributed by atoms with Gasteiger partial charge in [-0.2, -0.15) is 5.26 Å². The lowest BCUT2D eigenvalue weighted by molar-refractivity contribution is -0.0128. The van der Waals surface area contributed by atoms with Gasteiger partial charge in [0.1, 0.15) is 12.4 Å². The van der Waals surface area contributed by atoms with E-state index in [0.29, 0.717) is 31.1 Å². The van der Waals surface area contributed by atoms with Crippen molar-refractivity contribution >= 4 is 0 Å². The molecule has 104 valence electrons. The minimum Gasteiger partial charge on any atom is -0.491 e. The maximum absolute atomic E-state index is 8.76. The Balaban J connectivity index is 2.16. The quantitative estimate of drug-likeness (QED) is 0.677. The summed E-state index contributed by atoms with van der Waals surface area (Å²) in [5, 5.41) is 8.76. The Hall–Kier alpha value is -1.57. The van der Waals surface area contributed by atoms with Crippen molar-refractivity contribution < 1.29 is 14.2 Å². The Morgan fingerprint density at radius 3 is 2.68 bits per heavy atom. The minimum atomic E-state index is -0.151. The molecule has 0 aromatic heterocycles. The minimum absolute atomic E-state index is 0.151. The van der Waals surface area contributed by atoms with Crippen LogP contribution in [0, 0.1) is 11.3 Å². The smallest absolute Gasteiger partial charge is 0.120 e. The summed E-state index contributed by atoms with van der Waals surface area (Å²) in [4.78, 5) is 0. The molecule has 0 heterocycles. The largest absolute Gasteiger partial charge is 0.491 e. The van der Waals surface area contributed by atoms with Gasteiger partial charge in [0.15, 0.2) is 0 Å². The van der Waals surface area contributed by atoms with Gasteiger partial charge in [-0.25, -0.2) is 0 Å². The number of hydrogen-bond acceptors (Lipinski definition) is 4. The van der Waals surface area contributed by atoms with E-state index < -0.39 is 0 Å². The van der Waals surface area contributed by atoms with Gasteiger partial charge in [-0.3, -0.25) is 0 Å². The first kappa shape index (κ1) is 15.5. The number of methoxy groups -OCH3 is 1. The number of nitriles is 1. The lowest BCUT2D eigenvalue weighted by atomic mass is 10.1. The summed E-state index contributed by atoms with van der Waals surface area (Å²) >= 11 is 0. The van der Waals surface area contributed by atoms with E-state index >= 15 is 0 Å². The molecule has 0 saturated carbocycles. The Labute approximate surface area is 114 Å². The molecule has 0 atom stereocenters. The second-order valence-electron chi connectivity index (χ2n) is 4.81. The summed E-state index contributed by atoms with van der Waals surface area (Å²) in [6, 6.07) is 9.17. The summed E-state index contributed by atoms with van der Waals surface area (Å²) in [6.07, 6.45) is 0.841. The van der Waals surface area contributed by atoms with Crippen molar-refractivity contribution in [2.75, 3.05) is 26.9 Å². The highest BCUT2D eigenvalue weighted by atomic mass is 16.5. The Kier molecular flexibility index (Phi) is 6.34. The first-order valence-corrected chi connectivity index (χ1v) is 6.33. The van der Waals surface area contributed by atoms with Gasteiger partial charge in [0, 0.05) is 13.7 Å². The standard InChI is InChI=1S/C15H21NO3/c1-15(2,17-3)7-8-18-9-10-19-14-6-4-5-13(11-14)12-16/h4-6,11H,7-10H2,1-3H3. The fraction of sp³-hybridized carbons (Fsp3) is 0.533. The maximum Gasteiger partial charge on any atom is 0.120 e. The molecule has 0 N–H and O–H groups in total. The monoisotopic (exact) mass is 263 g/mol. The van der Waals surface area contributed by atoms with Crippen molar-refractivity contribution in [2.45, 2.75) is 25.9 Å². The zero-order valence-corrected chi connectivity index (χ0v) is 11.8. The van der Waals surface area contributed by atoms with Crippen LogP contribution >= 0.6 is 0 Å². The molecule has 1 rings (SSSR count). The van der Waals surface area contributed by atoms with E-state index in [-0.39, 0.29) is 5.60 Å². The maximum atomic E-state index is 8.76. The first-order chi connectivity index (χ1) is 9.07. The van der Waals surface area contributed by atoms with E-state index in [1.54, 1.807) is 25.3 Å². The van der Waals surface area contributed by atoms with E-state index in [1.165, 1.54) is 0 Å². The Bertz CT molecular complexity index is 424. The summed E-state index contributed by atoms with van der Waals surface area (Å²) in [7, 11) is 1.70. The number of nitrogens with zero attached hydrogens (tertiary/aromatic N) is 1. The molecule has 0 radical (unpaired) electrons. The summed E-state index contributed by atoms with van der Waals surface area (Å²) < 4.78 is 16.3. The highest BCUT2D eigenvalue weighted by molar-refractivity contribution is 5.36. The van der Waals surface area contributed by atoms with Gasteiger partial charge in [0.05, 0.1) is 23.8 Å². The lowest BCUT2D eigenvalue weighted by Crippen LogP contribution is -2.24. The molecule has 0 bridgehead atoms. The molecule has 0 aliphatic rings. The molecule has 0 aliphatic heterocycles. The van der Waals surface area contributed by atoms with Crippen LogP contribution in [-0.2, 0) is 9.47 Å². The zero-order valence-electron chi connectivity index (χ0n) is 11.8. The van der Waals surface area contributed by atoms with Crippen molar-refractivity contribution in [1.82, 2.24) is 0 Å². The summed E-state index contributed by atoms with van der Waals surface area (Å²) in [5.41, 5.74) is 0.447. The molecule has 1 aromatic rings. The molecule has 0 amide bonds. The normalized spacial score (nSPS) is 11.1. The zero-order chi connectivity index (χ0) is 14.1. The van der Waals surface area contributed by atoms with Crippen molar-refractivity contribution in [1.29, 1.82) is 5.26 Å². The van der Waals surface area contributed by atoms with Crippen LogP contribution in [0.3, 0.4) is 0 Å². The van der Waals surface area contributed by atoms with Gasteiger partial charge in [0.2, 0.25) is 0 Å². The lowest BCUT2D eigenvalue weighted by Gasteiger charge is -2.22. The predicted octanol–water partition coefficient (Wildman–Crippen LogP) is 2.77. The van der Waals surface area contributed by atoms with Crippen LogP contribution in [0.1, 0.15) is 25.8 Å². The van der Waals surface area contributed by atoms with E-state index in [1.807, 2.05) is 19.9 Å². The van der Waals surface area contributed by atoms with Crippen molar-refractivity contribution in [3.8, 4) is 11.8 Å².